The van der Waals surface area contributed by atoms with Crippen LogP contribution in [0.3, 0.4) is 0 Å². The summed E-state index contributed by atoms with van der Waals surface area (Å²) in [5.41, 5.74) is 4.46. The van der Waals surface area contributed by atoms with E-state index in [9.17, 15) is 0 Å². The Bertz CT molecular complexity index is 945. The van der Waals surface area contributed by atoms with Crippen molar-refractivity contribution in [3.63, 3.8) is 0 Å². The molecule has 1 unspecified atom stereocenters. The molecule has 7 atom stereocenters. The molecule has 2 fully saturated rings. The number of hydrogen-bond acceptors (Lipinski definition) is 4. The third-order valence-corrected chi connectivity index (χ3v) is 10.7. The highest BCUT2D eigenvalue weighted by Crippen LogP contribution is 2.60. The van der Waals surface area contributed by atoms with E-state index < -0.39 is 0 Å². The first kappa shape index (κ1) is 30.8. The first-order valence-electron chi connectivity index (χ1n) is 15.8. The number of fused-ring (bicyclic) bond motifs is 1. The molecule has 4 aliphatic rings. The summed E-state index contributed by atoms with van der Waals surface area (Å²) in [6.07, 6.45) is 13.1. The van der Waals surface area contributed by atoms with Crippen LogP contribution >= 0.6 is 0 Å². The first-order chi connectivity index (χ1) is 18.5. The molecule has 4 heteroatoms. The summed E-state index contributed by atoms with van der Waals surface area (Å²) >= 11 is 0. The quantitative estimate of drug-likeness (QED) is 0.206. The fourth-order valence-corrected chi connectivity index (χ4v) is 8.38. The molecule has 220 valence electrons. The van der Waals surface area contributed by atoms with Gasteiger partial charge < -0.3 is 18.9 Å². The van der Waals surface area contributed by atoms with Crippen LogP contribution in [0.1, 0.15) is 106 Å². The van der Waals surface area contributed by atoms with Gasteiger partial charge in [0.2, 0.25) is 0 Å². The highest BCUT2D eigenvalue weighted by Gasteiger charge is 2.52. The van der Waals surface area contributed by atoms with Crippen LogP contribution in [-0.4, -0.2) is 39.0 Å². The molecule has 0 radical (unpaired) electrons. The lowest BCUT2D eigenvalue weighted by Crippen LogP contribution is -2.38. The van der Waals surface area contributed by atoms with Crippen molar-refractivity contribution < 1.29 is 18.9 Å². The van der Waals surface area contributed by atoms with Gasteiger partial charge in [-0.25, -0.2) is 0 Å². The van der Waals surface area contributed by atoms with Crippen LogP contribution in [-0.2, 0) is 18.9 Å². The molecule has 0 N–H and O–H groups in total. The van der Waals surface area contributed by atoms with E-state index in [2.05, 4.69) is 66.4 Å². The molecule has 39 heavy (non-hydrogen) atoms. The number of allylic oxidation sites excluding steroid dienone is 4. The highest BCUT2D eigenvalue weighted by molar-refractivity contribution is 5.44. The van der Waals surface area contributed by atoms with E-state index in [1.165, 1.54) is 55.2 Å². The Labute approximate surface area is 239 Å². The molecule has 0 amide bonds. The van der Waals surface area contributed by atoms with E-state index >= 15 is 0 Å². The SMILES string of the molecule is COCOC(C)(C)CCC[C@@H](C)[C@H]1CCC2C(C#CC3=C(C)[C@@H](C)C[C@H](C)C3)=C[C@H](CC3OCCO3)C[C@@]21C. The van der Waals surface area contributed by atoms with Gasteiger partial charge in [-0.2, -0.15) is 0 Å². The fourth-order valence-electron chi connectivity index (χ4n) is 8.38. The average Bonchev–Trinajstić information content (AvgIpc) is 3.50. The van der Waals surface area contributed by atoms with Gasteiger partial charge in [0.1, 0.15) is 6.79 Å². The number of rotatable bonds is 10. The van der Waals surface area contributed by atoms with Crippen molar-refractivity contribution in [2.24, 2.45) is 40.9 Å². The second-order valence-corrected chi connectivity index (χ2v) is 14.3. The van der Waals surface area contributed by atoms with Gasteiger partial charge in [0.25, 0.3) is 0 Å². The molecule has 4 rings (SSSR count). The zero-order valence-electron chi connectivity index (χ0n) is 26.2. The molecular weight excluding hydrogens is 484 g/mol. The Morgan fingerprint density at radius 2 is 1.90 bits per heavy atom. The third-order valence-electron chi connectivity index (χ3n) is 10.7. The number of ether oxygens (including phenoxy) is 4. The van der Waals surface area contributed by atoms with Crippen LogP contribution < -0.4 is 0 Å². The van der Waals surface area contributed by atoms with E-state index in [1.54, 1.807) is 7.11 Å². The van der Waals surface area contributed by atoms with Crippen LogP contribution in [0, 0.1) is 52.8 Å². The molecule has 0 spiro atoms. The van der Waals surface area contributed by atoms with Crippen molar-refractivity contribution in [3.05, 3.63) is 22.8 Å². The van der Waals surface area contributed by atoms with Crippen molar-refractivity contribution in [3.8, 4) is 11.8 Å². The first-order valence-corrected chi connectivity index (χ1v) is 15.8. The minimum absolute atomic E-state index is 0.0581. The molecule has 0 aromatic rings. The minimum Gasteiger partial charge on any atom is -0.359 e. The Morgan fingerprint density at radius 1 is 1.15 bits per heavy atom. The van der Waals surface area contributed by atoms with Gasteiger partial charge in [-0.05, 0) is 100 Å². The molecule has 0 aromatic carbocycles. The Balaban J connectivity index is 1.51. The maximum absolute atomic E-state index is 5.91. The summed E-state index contributed by atoms with van der Waals surface area (Å²) < 4.78 is 22.8. The topological polar surface area (TPSA) is 36.9 Å². The van der Waals surface area contributed by atoms with Gasteiger partial charge in [0.05, 0.1) is 18.8 Å². The molecule has 3 aliphatic carbocycles. The summed E-state index contributed by atoms with van der Waals surface area (Å²) in [6.45, 7) is 18.3. The van der Waals surface area contributed by atoms with Gasteiger partial charge in [-0.15, -0.1) is 0 Å². The smallest absolute Gasteiger partial charge is 0.158 e. The average molecular weight is 541 g/mol. The third kappa shape index (κ3) is 7.59. The second-order valence-electron chi connectivity index (χ2n) is 14.3. The summed E-state index contributed by atoms with van der Waals surface area (Å²) in [5, 5.41) is 0. The van der Waals surface area contributed by atoms with Crippen molar-refractivity contribution in [1.29, 1.82) is 0 Å². The van der Waals surface area contributed by atoms with Crippen LogP contribution in [0.4, 0.5) is 0 Å². The number of methoxy groups -OCH3 is 1. The van der Waals surface area contributed by atoms with Gasteiger partial charge in [-0.1, -0.05) is 64.0 Å². The lowest BCUT2D eigenvalue weighted by atomic mass is 9.59. The Kier molecular flexibility index (Phi) is 10.5. The molecule has 1 heterocycles. The minimum atomic E-state index is -0.137. The fraction of sp³-hybridized carbons (Fsp3) is 0.829. The number of hydrogen-bond donors (Lipinski definition) is 0. The zero-order valence-corrected chi connectivity index (χ0v) is 26.2. The largest absolute Gasteiger partial charge is 0.359 e. The van der Waals surface area contributed by atoms with Crippen molar-refractivity contribution in [2.75, 3.05) is 27.1 Å². The van der Waals surface area contributed by atoms with Gasteiger partial charge in [0, 0.05) is 24.7 Å². The summed E-state index contributed by atoms with van der Waals surface area (Å²) in [6, 6.07) is 0. The maximum Gasteiger partial charge on any atom is 0.158 e. The van der Waals surface area contributed by atoms with Crippen LogP contribution in [0.2, 0.25) is 0 Å². The predicted octanol–water partition coefficient (Wildman–Crippen LogP) is 8.32. The molecule has 0 bridgehead atoms. The van der Waals surface area contributed by atoms with E-state index in [4.69, 9.17) is 18.9 Å². The van der Waals surface area contributed by atoms with Gasteiger partial charge >= 0.3 is 0 Å². The van der Waals surface area contributed by atoms with Crippen molar-refractivity contribution >= 4 is 0 Å². The standard InChI is InChI=1S/C35H56O4/c1-24-18-26(3)27(4)29(19-24)11-12-30-20-28(21-33-37-16-17-38-33)22-35(7)31(13-14-32(30)35)25(2)10-9-15-34(5,6)39-23-36-8/h20,24-26,28,31-33H,9-10,13-19,21-23H2,1-8H3/t24-,25+,26-,28+,31+,32?,35+/m0/s1. The van der Waals surface area contributed by atoms with E-state index in [0.29, 0.717) is 30.5 Å². The van der Waals surface area contributed by atoms with E-state index in [0.717, 1.165) is 44.3 Å². The molecular formula is C35H56O4. The van der Waals surface area contributed by atoms with E-state index in [-0.39, 0.29) is 17.3 Å². The predicted molar refractivity (Wildman–Crippen MR) is 159 cm³/mol. The molecule has 4 nitrogen and oxygen atoms in total. The molecule has 1 saturated heterocycles. The monoisotopic (exact) mass is 540 g/mol. The van der Waals surface area contributed by atoms with Crippen LogP contribution in [0.15, 0.2) is 22.8 Å². The molecule has 0 aromatic heterocycles. The lowest BCUT2D eigenvalue weighted by Gasteiger charge is -2.45. The zero-order chi connectivity index (χ0) is 28.2. The van der Waals surface area contributed by atoms with Crippen molar-refractivity contribution in [2.45, 2.75) is 118 Å². The lowest BCUT2D eigenvalue weighted by molar-refractivity contribution is -0.118. The van der Waals surface area contributed by atoms with Crippen LogP contribution in [0.5, 0.6) is 0 Å². The molecule has 1 aliphatic heterocycles. The summed E-state index contributed by atoms with van der Waals surface area (Å²) in [5.74, 6) is 11.4. The second kappa shape index (κ2) is 13.2. The highest BCUT2D eigenvalue weighted by atomic mass is 16.7. The Morgan fingerprint density at radius 3 is 2.62 bits per heavy atom. The van der Waals surface area contributed by atoms with Gasteiger partial charge in [-0.3, -0.25) is 0 Å². The van der Waals surface area contributed by atoms with Gasteiger partial charge in [0.15, 0.2) is 6.29 Å². The molecule has 1 saturated carbocycles. The normalized spacial score (nSPS) is 34.5. The summed E-state index contributed by atoms with van der Waals surface area (Å²) in [4.78, 5) is 0. The van der Waals surface area contributed by atoms with Crippen molar-refractivity contribution in [1.82, 2.24) is 0 Å². The summed E-state index contributed by atoms with van der Waals surface area (Å²) in [7, 11) is 1.69. The van der Waals surface area contributed by atoms with Crippen LogP contribution in [0.25, 0.3) is 0 Å². The maximum atomic E-state index is 5.91. The Hall–Kier alpha value is -1.12. The van der Waals surface area contributed by atoms with E-state index in [1.807, 2.05) is 0 Å².